The second-order valence-corrected chi connectivity index (χ2v) is 9.58. The highest BCUT2D eigenvalue weighted by molar-refractivity contribution is 7.89. The lowest BCUT2D eigenvalue weighted by Crippen LogP contribution is -2.48. The van der Waals surface area contributed by atoms with Crippen LogP contribution in [0.25, 0.3) is 0 Å². The minimum absolute atomic E-state index is 0.0668. The Labute approximate surface area is 200 Å². The average Bonchev–Trinajstić information content (AvgIpc) is 2.83. The Morgan fingerprint density at radius 3 is 2.06 bits per heavy atom. The van der Waals surface area contributed by atoms with Crippen molar-refractivity contribution in [2.24, 2.45) is 0 Å². The molecule has 0 radical (unpaired) electrons. The molecule has 1 amide bonds. The molecule has 0 spiro atoms. The van der Waals surface area contributed by atoms with Crippen LogP contribution in [0.1, 0.15) is 15.9 Å². The van der Waals surface area contributed by atoms with Crippen LogP contribution in [0.3, 0.4) is 0 Å². The van der Waals surface area contributed by atoms with E-state index in [0.29, 0.717) is 31.7 Å². The zero-order chi connectivity index (χ0) is 26.1. The quantitative estimate of drug-likeness (QED) is 0.544. The molecule has 1 fully saturated rings. The predicted octanol–water partition coefficient (Wildman–Crippen LogP) is 2.34. The summed E-state index contributed by atoms with van der Waals surface area (Å²) in [6.45, 7) is 2.41. The lowest BCUT2D eigenvalue weighted by Gasteiger charge is -2.28. The molecule has 3 rings (SSSR count). The minimum atomic E-state index is -5.08. The van der Waals surface area contributed by atoms with Gasteiger partial charge in [-0.15, -0.1) is 0 Å². The molecule has 1 heterocycles. The highest BCUT2D eigenvalue weighted by atomic mass is 32.2. The Morgan fingerprint density at radius 1 is 1.00 bits per heavy atom. The summed E-state index contributed by atoms with van der Waals surface area (Å²) in [5.41, 5.74) is 1.23. The Bertz CT molecular complexity index is 1070. The first-order valence-corrected chi connectivity index (χ1v) is 12.1. The lowest BCUT2D eigenvalue weighted by atomic mass is 10.1. The predicted molar refractivity (Wildman–Crippen MR) is 120 cm³/mol. The van der Waals surface area contributed by atoms with Gasteiger partial charge in [0.1, 0.15) is 5.82 Å². The number of sulfonamides is 1. The van der Waals surface area contributed by atoms with Gasteiger partial charge < -0.3 is 15.3 Å². The van der Waals surface area contributed by atoms with Crippen molar-refractivity contribution in [2.75, 3.05) is 38.5 Å². The molecule has 192 valence electrons. The second kappa shape index (κ2) is 12.6. The normalized spacial score (nSPS) is 14.5. The maximum atomic E-state index is 13.2. The Kier molecular flexibility index (Phi) is 10.2. The van der Waals surface area contributed by atoms with E-state index in [-0.39, 0.29) is 30.6 Å². The molecule has 1 saturated heterocycles. The molecular formula is C22H25F4N3O5S. The third-order valence-electron chi connectivity index (χ3n) is 4.93. The van der Waals surface area contributed by atoms with Crippen molar-refractivity contribution in [1.82, 2.24) is 14.5 Å². The van der Waals surface area contributed by atoms with Gasteiger partial charge in [-0.05, 0) is 29.8 Å². The number of alkyl halides is 3. The standard InChI is InChI=1S/C20H24FN3O3S.C2HF3O2/c21-19-8-6-17(7-9-19)16-23(20(25)18-4-2-1-3-5-18)14-15-28(26,27)24-12-10-22-11-13-24;3-2(4,5)1(6)7/h1-9,22H,10-16H2;(H,6,7). The third kappa shape index (κ3) is 9.26. The van der Waals surface area contributed by atoms with E-state index in [9.17, 15) is 30.8 Å². The zero-order valence-electron chi connectivity index (χ0n) is 18.5. The second-order valence-electron chi connectivity index (χ2n) is 7.49. The van der Waals surface area contributed by atoms with Crippen LogP contribution < -0.4 is 5.32 Å². The maximum Gasteiger partial charge on any atom is 0.490 e. The fraction of sp³-hybridized carbons (Fsp3) is 0.364. The van der Waals surface area contributed by atoms with E-state index < -0.39 is 22.2 Å². The Morgan fingerprint density at radius 2 is 1.54 bits per heavy atom. The van der Waals surface area contributed by atoms with Crippen LogP contribution >= 0.6 is 0 Å². The van der Waals surface area contributed by atoms with Crippen LogP contribution in [0.5, 0.6) is 0 Å². The number of piperazine rings is 1. The number of aliphatic carboxylic acids is 1. The molecule has 0 saturated carbocycles. The highest BCUT2D eigenvalue weighted by Gasteiger charge is 2.38. The summed E-state index contributed by atoms with van der Waals surface area (Å²) in [4.78, 5) is 23.3. The molecule has 0 aliphatic carbocycles. The highest BCUT2D eigenvalue weighted by Crippen LogP contribution is 2.14. The number of hydrogen-bond acceptors (Lipinski definition) is 5. The number of halogens is 4. The molecule has 13 heteroatoms. The molecule has 2 aromatic carbocycles. The number of nitrogens with one attached hydrogen (secondary N) is 1. The fourth-order valence-electron chi connectivity index (χ4n) is 3.10. The number of benzene rings is 2. The van der Waals surface area contributed by atoms with Gasteiger partial charge in [-0.1, -0.05) is 30.3 Å². The third-order valence-corrected chi connectivity index (χ3v) is 6.78. The van der Waals surface area contributed by atoms with Gasteiger partial charge in [0.05, 0.1) is 5.75 Å². The smallest absolute Gasteiger partial charge is 0.475 e. The summed E-state index contributed by atoms with van der Waals surface area (Å²) in [5.74, 6) is -3.51. The van der Waals surface area contributed by atoms with E-state index in [4.69, 9.17) is 9.90 Å². The van der Waals surface area contributed by atoms with Crippen LogP contribution in [-0.2, 0) is 21.4 Å². The first-order chi connectivity index (χ1) is 16.4. The van der Waals surface area contributed by atoms with Crippen molar-refractivity contribution in [3.8, 4) is 0 Å². The van der Waals surface area contributed by atoms with Crippen molar-refractivity contribution in [2.45, 2.75) is 12.7 Å². The average molecular weight is 520 g/mol. The van der Waals surface area contributed by atoms with Crippen molar-refractivity contribution in [3.05, 3.63) is 71.5 Å². The molecule has 0 bridgehead atoms. The number of carbonyl (C=O) groups is 2. The number of carboxylic acids is 1. The van der Waals surface area contributed by atoms with Crippen molar-refractivity contribution < 1.29 is 40.7 Å². The molecule has 0 atom stereocenters. The van der Waals surface area contributed by atoms with Crippen molar-refractivity contribution >= 4 is 21.9 Å². The molecule has 2 aromatic rings. The summed E-state index contributed by atoms with van der Waals surface area (Å²) in [6, 6.07) is 14.6. The monoisotopic (exact) mass is 519 g/mol. The fourth-order valence-corrected chi connectivity index (χ4v) is 4.55. The van der Waals surface area contributed by atoms with E-state index in [1.807, 2.05) is 6.07 Å². The van der Waals surface area contributed by atoms with E-state index in [2.05, 4.69) is 5.32 Å². The topological polar surface area (TPSA) is 107 Å². The van der Waals surface area contributed by atoms with E-state index in [1.54, 1.807) is 36.4 Å². The molecule has 0 aromatic heterocycles. The van der Waals surface area contributed by atoms with E-state index >= 15 is 0 Å². The van der Waals surface area contributed by atoms with Gasteiger partial charge in [-0.2, -0.15) is 17.5 Å². The maximum absolute atomic E-state index is 13.2. The molecular weight excluding hydrogens is 494 g/mol. The zero-order valence-corrected chi connectivity index (χ0v) is 19.4. The summed E-state index contributed by atoms with van der Waals surface area (Å²) < 4.78 is 71.7. The van der Waals surface area contributed by atoms with Gasteiger partial charge >= 0.3 is 12.1 Å². The number of rotatable bonds is 7. The number of hydrogen-bond donors (Lipinski definition) is 2. The van der Waals surface area contributed by atoms with Crippen LogP contribution in [0.4, 0.5) is 17.6 Å². The Hall–Kier alpha value is -3.03. The van der Waals surface area contributed by atoms with Crippen LogP contribution in [0.2, 0.25) is 0 Å². The minimum Gasteiger partial charge on any atom is -0.475 e. The van der Waals surface area contributed by atoms with E-state index in [1.165, 1.54) is 21.3 Å². The summed E-state index contributed by atoms with van der Waals surface area (Å²) in [6.07, 6.45) is -5.08. The number of amides is 1. The van der Waals surface area contributed by atoms with Gasteiger partial charge in [0.15, 0.2) is 0 Å². The molecule has 35 heavy (non-hydrogen) atoms. The van der Waals surface area contributed by atoms with Gasteiger partial charge in [0, 0.05) is 44.8 Å². The number of carbonyl (C=O) groups excluding carboxylic acids is 1. The summed E-state index contributed by atoms with van der Waals surface area (Å²) >= 11 is 0. The van der Waals surface area contributed by atoms with E-state index in [0.717, 1.165) is 5.56 Å². The van der Waals surface area contributed by atoms with Gasteiger partial charge in [0.2, 0.25) is 10.0 Å². The first kappa shape index (κ1) is 28.2. The molecule has 8 nitrogen and oxygen atoms in total. The molecule has 0 unspecified atom stereocenters. The molecule has 1 aliphatic rings. The SMILES string of the molecule is O=C(O)C(F)(F)F.O=C(c1ccccc1)N(CCS(=O)(=O)N1CCNCC1)Cc1ccc(F)cc1. The van der Waals surface area contributed by atoms with Crippen LogP contribution in [0, 0.1) is 5.82 Å². The van der Waals surface area contributed by atoms with Gasteiger partial charge in [0.25, 0.3) is 5.91 Å². The van der Waals surface area contributed by atoms with Gasteiger partial charge in [-0.25, -0.2) is 17.6 Å². The summed E-state index contributed by atoms with van der Waals surface area (Å²) in [5, 5.41) is 10.3. The molecule has 1 aliphatic heterocycles. The summed E-state index contributed by atoms with van der Waals surface area (Å²) in [7, 11) is -3.45. The van der Waals surface area contributed by atoms with Crippen LogP contribution in [-0.4, -0.2) is 79.3 Å². The number of nitrogens with zero attached hydrogens (tertiary/aromatic N) is 2. The largest absolute Gasteiger partial charge is 0.490 e. The van der Waals surface area contributed by atoms with Crippen molar-refractivity contribution in [1.29, 1.82) is 0 Å². The van der Waals surface area contributed by atoms with Crippen LogP contribution in [0.15, 0.2) is 54.6 Å². The Balaban J connectivity index is 0.000000540. The molecule has 2 N–H and O–H groups in total. The van der Waals surface area contributed by atoms with Gasteiger partial charge in [-0.3, -0.25) is 4.79 Å². The number of carboxylic acid groups (broad SMARTS) is 1. The lowest BCUT2D eigenvalue weighted by molar-refractivity contribution is -0.192. The van der Waals surface area contributed by atoms with Crippen molar-refractivity contribution in [3.63, 3.8) is 0 Å². The first-order valence-electron chi connectivity index (χ1n) is 10.5.